The number of thiocarbonyl (C=S) groups is 1. The van der Waals surface area contributed by atoms with Gasteiger partial charge in [0.2, 0.25) is 0 Å². The first kappa shape index (κ1) is 12.3. The second-order valence-corrected chi connectivity index (χ2v) is 4.07. The zero-order valence-electron chi connectivity index (χ0n) is 9.61. The number of urea groups is 1. The number of nitrogens with two attached hydrogens (primary N) is 1. The molecule has 0 heterocycles. The van der Waals surface area contributed by atoms with E-state index in [4.69, 9.17) is 18.0 Å². The van der Waals surface area contributed by atoms with Crippen molar-refractivity contribution in [1.82, 2.24) is 0 Å². The Morgan fingerprint density at radius 2 is 1.44 bits per heavy atom. The van der Waals surface area contributed by atoms with Crippen molar-refractivity contribution in [1.29, 1.82) is 0 Å². The molecule has 2 amide bonds. The molecule has 0 radical (unpaired) electrons. The summed E-state index contributed by atoms with van der Waals surface area (Å²) in [4.78, 5) is 13.3. The molecule has 0 aliphatic heterocycles. The average molecular weight is 256 g/mol. The first-order chi connectivity index (χ1) is 8.70. The number of rotatable bonds is 2. The Morgan fingerprint density at radius 1 is 0.944 bits per heavy atom. The highest BCUT2D eigenvalue weighted by molar-refractivity contribution is 7.81. The number of para-hydroxylation sites is 1. The Hall–Kier alpha value is -2.20. The second-order valence-electron chi connectivity index (χ2n) is 3.68. The maximum Gasteiger partial charge on any atom is 0.324 e. The minimum Gasteiger partial charge on any atom is -0.351 e. The molecule has 2 rings (SSSR count). The van der Waals surface area contributed by atoms with Crippen LogP contribution in [0.4, 0.5) is 10.5 Å². The van der Waals surface area contributed by atoms with Gasteiger partial charge < -0.3 is 5.73 Å². The highest BCUT2D eigenvalue weighted by Gasteiger charge is 2.18. The first-order valence-corrected chi connectivity index (χ1v) is 5.85. The Morgan fingerprint density at radius 3 is 1.94 bits per heavy atom. The van der Waals surface area contributed by atoms with Crippen LogP contribution in [0, 0.1) is 0 Å². The van der Waals surface area contributed by atoms with Crippen LogP contribution in [0.25, 0.3) is 0 Å². The van der Waals surface area contributed by atoms with E-state index in [-0.39, 0.29) is 0 Å². The fraction of sp³-hybridized carbons (Fsp3) is 0. The molecule has 2 aromatic carbocycles. The highest BCUT2D eigenvalue weighted by atomic mass is 32.1. The SMILES string of the molecule is NC(=O)N(C(=S)c1ccccc1)c1ccccc1. The second kappa shape index (κ2) is 5.42. The number of anilines is 1. The molecule has 90 valence electrons. The van der Waals surface area contributed by atoms with E-state index in [0.29, 0.717) is 10.7 Å². The lowest BCUT2D eigenvalue weighted by Gasteiger charge is -2.21. The van der Waals surface area contributed by atoms with Gasteiger partial charge in [0.25, 0.3) is 0 Å². The number of carbonyl (C=O) groups is 1. The molecule has 0 atom stereocenters. The smallest absolute Gasteiger partial charge is 0.324 e. The summed E-state index contributed by atoms with van der Waals surface area (Å²) in [5.74, 6) is 0. The van der Waals surface area contributed by atoms with E-state index in [2.05, 4.69) is 0 Å². The van der Waals surface area contributed by atoms with E-state index in [9.17, 15) is 4.79 Å². The molecule has 0 unspecified atom stereocenters. The van der Waals surface area contributed by atoms with Crippen molar-refractivity contribution in [3.8, 4) is 0 Å². The fourth-order valence-corrected chi connectivity index (χ4v) is 1.96. The molecule has 2 aromatic rings. The molecule has 3 nitrogen and oxygen atoms in total. The molecule has 0 spiro atoms. The van der Waals surface area contributed by atoms with Crippen LogP contribution >= 0.6 is 12.2 Å². The van der Waals surface area contributed by atoms with Gasteiger partial charge in [-0.25, -0.2) is 4.79 Å². The third kappa shape index (κ3) is 2.55. The molecule has 0 aliphatic carbocycles. The van der Waals surface area contributed by atoms with E-state index in [1.807, 2.05) is 48.5 Å². The predicted molar refractivity (Wildman–Crippen MR) is 76.6 cm³/mol. The van der Waals surface area contributed by atoms with E-state index in [1.54, 1.807) is 12.1 Å². The number of hydrogen-bond acceptors (Lipinski definition) is 2. The van der Waals surface area contributed by atoms with Crippen molar-refractivity contribution in [2.75, 3.05) is 4.90 Å². The molecular formula is C14H12N2OS. The molecular weight excluding hydrogens is 244 g/mol. The summed E-state index contributed by atoms with van der Waals surface area (Å²) >= 11 is 5.33. The minimum absolute atomic E-state index is 0.398. The van der Waals surface area contributed by atoms with Crippen LogP contribution in [0.15, 0.2) is 60.7 Å². The zero-order valence-corrected chi connectivity index (χ0v) is 10.4. The summed E-state index contributed by atoms with van der Waals surface area (Å²) in [5, 5.41) is 0. The van der Waals surface area contributed by atoms with Crippen LogP contribution in [0.5, 0.6) is 0 Å². The Bertz CT molecular complexity index is 555. The van der Waals surface area contributed by atoms with E-state index >= 15 is 0 Å². The summed E-state index contributed by atoms with van der Waals surface area (Å²) in [6, 6.07) is 17.9. The van der Waals surface area contributed by atoms with Gasteiger partial charge in [0.05, 0.1) is 5.69 Å². The van der Waals surface area contributed by atoms with Gasteiger partial charge in [0, 0.05) is 5.56 Å². The number of benzene rings is 2. The number of amides is 2. The van der Waals surface area contributed by atoms with Crippen LogP contribution in [0.1, 0.15) is 5.56 Å². The van der Waals surface area contributed by atoms with Crippen molar-refractivity contribution in [3.63, 3.8) is 0 Å². The standard InChI is InChI=1S/C14H12N2OS/c15-14(17)16(12-9-5-2-6-10-12)13(18)11-7-3-1-4-8-11/h1-10H,(H2,15,17). The topological polar surface area (TPSA) is 46.3 Å². The first-order valence-electron chi connectivity index (χ1n) is 5.44. The van der Waals surface area contributed by atoms with Crippen molar-refractivity contribution in [3.05, 3.63) is 66.2 Å². The number of primary amides is 1. The monoisotopic (exact) mass is 256 g/mol. The number of hydrogen-bond donors (Lipinski definition) is 1. The Labute approximate surface area is 111 Å². The van der Waals surface area contributed by atoms with Crippen molar-refractivity contribution in [2.24, 2.45) is 5.73 Å². The van der Waals surface area contributed by atoms with Crippen LogP contribution in [0.3, 0.4) is 0 Å². The zero-order chi connectivity index (χ0) is 13.0. The Kier molecular flexibility index (Phi) is 3.69. The van der Waals surface area contributed by atoms with Crippen LogP contribution < -0.4 is 10.6 Å². The molecule has 0 saturated heterocycles. The van der Waals surface area contributed by atoms with Gasteiger partial charge in [0.1, 0.15) is 4.99 Å². The van der Waals surface area contributed by atoms with Gasteiger partial charge in [-0.1, -0.05) is 60.7 Å². The van der Waals surface area contributed by atoms with Gasteiger partial charge >= 0.3 is 6.03 Å². The average Bonchev–Trinajstić information content (AvgIpc) is 2.40. The minimum atomic E-state index is -0.588. The van der Waals surface area contributed by atoms with Gasteiger partial charge in [-0.2, -0.15) is 0 Å². The van der Waals surface area contributed by atoms with Gasteiger partial charge in [-0.05, 0) is 12.1 Å². The maximum atomic E-state index is 11.6. The van der Waals surface area contributed by atoms with Crippen molar-refractivity contribution >= 4 is 28.9 Å². The van der Waals surface area contributed by atoms with E-state index in [1.165, 1.54) is 4.90 Å². The van der Waals surface area contributed by atoms with E-state index in [0.717, 1.165) is 5.56 Å². The van der Waals surface area contributed by atoms with Gasteiger partial charge in [0.15, 0.2) is 0 Å². The number of carbonyl (C=O) groups excluding carboxylic acids is 1. The van der Waals surface area contributed by atoms with Crippen LogP contribution in [-0.2, 0) is 0 Å². The maximum absolute atomic E-state index is 11.6. The predicted octanol–water partition coefficient (Wildman–Crippen LogP) is 2.95. The summed E-state index contributed by atoms with van der Waals surface area (Å²) in [6.07, 6.45) is 0. The largest absolute Gasteiger partial charge is 0.351 e. The van der Waals surface area contributed by atoms with E-state index < -0.39 is 6.03 Å². The molecule has 0 aromatic heterocycles. The highest BCUT2D eigenvalue weighted by Crippen LogP contribution is 2.17. The lowest BCUT2D eigenvalue weighted by molar-refractivity contribution is 0.256. The fourth-order valence-electron chi connectivity index (χ4n) is 1.63. The summed E-state index contributed by atoms with van der Waals surface area (Å²) in [5.41, 5.74) is 6.86. The molecule has 0 fully saturated rings. The molecule has 0 aliphatic rings. The Balaban J connectivity index is 2.39. The molecule has 4 heteroatoms. The summed E-state index contributed by atoms with van der Waals surface area (Å²) < 4.78 is 0. The summed E-state index contributed by atoms with van der Waals surface area (Å²) in [6.45, 7) is 0. The molecule has 2 N–H and O–H groups in total. The van der Waals surface area contributed by atoms with Crippen molar-refractivity contribution < 1.29 is 4.79 Å². The third-order valence-electron chi connectivity index (χ3n) is 2.46. The normalized spacial score (nSPS) is 9.78. The number of nitrogens with zero attached hydrogens (tertiary/aromatic N) is 1. The summed E-state index contributed by atoms with van der Waals surface area (Å²) in [7, 11) is 0. The van der Waals surface area contributed by atoms with Crippen LogP contribution in [-0.4, -0.2) is 11.0 Å². The van der Waals surface area contributed by atoms with Gasteiger partial charge in [-0.15, -0.1) is 0 Å². The third-order valence-corrected chi connectivity index (χ3v) is 2.88. The molecule has 18 heavy (non-hydrogen) atoms. The van der Waals surface area contributed by atoms with Gasteiger partial charge in [-0.3, -0.25) is 4.90 Å². The molecule has 0 bridgehead atoms. The molecule has 0 saturated carbocycles. The lowest BCUT2D eigenvalue weighted by atomic mass is 10.2. The van der Waals surface area contributed by atoms with Crippen molar-refractivity contribution in [2.45, 2.75) is 0 Å². The van der Waals surface area contributed by atoms with Crippen LogP contribution in [0.2, 0.25) is 0 Å². The quantitative estimate of drug-likeness (QED) is 0.840. The lowest BCUT2D eigenvalue weighted by Crippen LogP contribution is -2.40.